The van der Waals surface area contributed by atoms with E-state index in [9.17, 15) is 9.90 Å². The molecule has 0 amide bonds. The Bertz CT molecular complexity index is 648. The van der Waals surface area contributed by atoms with Crippen LogP contribution in [0.4, 0.5) is 5.82 Å². The number of carboxylic acids is 1. The molecule has 2 N–H and O–H groups in total. The van der Waals surface area contributed by atoms with Crippen LogP contribution in [0.2, 0.25) is 0 Å². The number of carboxylic acid groups (broad SMARTS) is 1. The van der Waals surface area contributed by atoms with Gasteiger partial charge in [-0.25, -0.2) is 9.78 Å². The average Bonchev–Trinajstić information content (AvgIpc) is 3.00. The Kier molecular flexibility index (Phi) is 4.04. The third kappa shape index (κ3) is 3.15. The maximum Gasteiger partial charge on any atom is 0.354 e. The van der Waals surface area contributed by atoms with Gasteiger partial charge in [0.05, 0.1) is 0 Å². The lowest BCUT2D eigenvalue weighted by Crippen LogP contribution is -2.10. The molecule has 0 bridgehead atoms. The molecule has 1 aromatic heterocycles. The molecule has 1 fully saturated rings. The lowest BCUT2D eigenvalue weighted by molar-refractivity contribution is 0.0691. The Morgan fingerprint density at radius 2 is 2.05 bits per heavy atom. The van der Waals surface area contributed by atoms with Gasteiger partial charge in [-0.2, -0.15) is 0 Å². The number of aromatic carboxylic acids is 1. The van der Waals surface area contributed by atoms with Crippen molar-refractivity contribution in [2.45, 2.75) is 32.1 Å². The van der Waals surface area contributed by atoms with Crippen molar-refractivity contribution >= 4 is 22.6 Å². The van der Waals surface area contributed by atoms with Gasteiger partial charge in [0.1, 0.15) is 5.82 Å². The van der Waals surface area contributed by atoms with Crippen LogP contribution >= 0.6 is 0 Å². The summed E-state index contributed by atoms with van der Waals surface area (Å²) in [5.74, 6) is 0.509. The Labute approximate surface area is 124 Å². The van der Waals surface area contributed by atoms with Crippen molar-refractivity contribution in [3.05, 3.63) is 36.0 Å². The van der Waals surface area contributed by atoms with E-state index in [1.54, 1.807) is 6.07 Å². The highest BCUT2D eigenvalue weighted by molar-refractivity contribution is 5.97. The number of nitrogens with zero attached hydrogens (tertiary/aromatic N) is 1. The number of rotatable bonds is 5. The van der Waals surface area contributed by atoms with E-state index in [4.69, 9.17) is 0 Å². The Hall–Kier alpha value is -2.10. The summed E-state index contributed by atoms with van der Waals surface area (Å²) >= 11 is 0. The molecule has 21 heavy (non-hydrogen) atoms. The standard InChI is InChI=1S/C17H20N2O2/c20-17(21)15-11-13-7-3-4-8-14(13)16(19-15)18-10-9-12-5-1-2-6-12/h3-4,7-8,11-12H,1-2,5-6,9-10H2,(H,18,19)(H,20,21). The topological polar surface area (TPSA) is 62.2 Å². The molecule has 4 nitrogen and oxygen atoms in total. The number of anilines is 1. The molecule has 1 aromatic carbocycles. The second kappa shape index (κ2) is 6.12. The molecule has 1 heterocycles. The highest BCUT2D eigenvalue weighted by atomic mass is 16.4. The number of carbonyl (C=O) groups is 1. The van der Waals surface area contributed by atoms with Gasteiger partial charge in [-0.1, -0.05) is 49.9 Å². The van der Waals surface area contributed by atoms with Crippen LogP contribution < -0.4 is 5.32 Å². The number of benzene rings is 1. The van der Waals surface area contributed by atoms with E-state index in [-0.39, 0.29) is 5.69 Å². The van der Waals surface area contributed by atoms with E-state index in [2.05, 4.69) is 10.3 Å². The minimum atomic E-state index is -0.986. The number of aromatic nitrogens is 1. The minimum absolute atomic E-state index is 0.0945. The van der Waals surface area contributed by atoms with Crippen molar-refractivity contribution in [1.29, 1.82) is 0 Å². The molecule has 2 aromatic rings. The molecule has 4 heteroatoms. The van der Waals surface area contributed by atoms with Gasteiger partial charge in [-0.15, -0.1) is 0 Å². The van der Waals surface area contributed by atoms with Crippen LogP contribution in [0.3, 0.4) is 0 Å². The molecule has 3 rings (SSSR count). The first-order chi connectivity index (χ1) is 10.2. The maximum absolute atomic E-state index is 11.2. The fourth-order valence-electron chi connectivity index (χ4n) is 3.14. The predicted molar refractivity (Wildman–Crippen MR) is 83.8 cm³/mol. The summed E-state index contributed by atoms with van der Waals surface area (Å²) in [6.45, 7) is 0.852. The zero-order chi connectivity index (χ0) is 14.7. The summed E-state index contributed by atoms with van der Waals surface area (Å²) in [6, 6.07) is 9.39. The van der Waals surface area contributed by atoms with Crippen molar-refractivity contribution in [3.63, 3.8) is 0 Å². The van der Waals surface area contributed by atoms with Crippen molar-refractivity contribution in [2.24, 2.45) is 5.92 Å². The largest absolute Gasteiger partial charge is 0.477 e. The molecule has 0 saturated heterocycles. The minimum Gasteiger partial charge on any atom is -0.477 e. The van der Waals surface area contributed by atoms with Crippen molar-refractivity contribution < 1.29 is 9.90 Å². The third-order valence-corrected chi connectivity index (χ3v) is 4.28. The van der Waals surface area contributed by atoms with Gasteiger partial charge in [-0.3, -0.25) is 0 Å². The smallest absolute Gasteiger partial charge is 0.354 e. The Balaban J connectivity index is 1.80. The zero-order valence-corrected chi connectivity index (χ0v) is 12.0. The first-order valence-corrected chi connectivity index (χ1v) is 7.61. The summed E-state index contributed by atoms with van der Waals surface area (Å²) in [5.41, 5.74) is 0.0945. The molecular weight excluding hydrogens is 264 g/mol. The van der Waals surface area contributed by atoms with Crippen LogP contribution in [0.1, 0.15) is 42.6 Å². The van der Waals surface area contributed by atoms with Crippen molar-refractivity contribution in [2.75, 3.05) is 11.9 Å². The van der Waals surface area contributed by atoms with Gasteiger partial charge in [0.2, 0.25) is 0 Å². The van der Waals surface area contributed by atoms with Gasteiger partial charge >= 0.3 is 5.97 Å². The molecule has 1 saturated carbocycles. The van der Waals surface area contributed by atoms with E-state index in [1.807, 2.05) is 24.3 Å². The molecule has 1 aliphatic carbocycles. The molecule has 0 spiro atoms. The summed E-state index contributed by atoms with van der Waals surface area (Å²) < 4.78 is 0. The van der Waals surface area contributed by atoms with E-state index < -0.39 is 5.97 Å². The number of fused-ring (bicyclic) bond motifs is 1. The van der Waals surface area contributed by atoms with Crippen LogP contribution in [0.15, 0.2) is 30.3 Å². The highest BCUT2D eigenvalue weighted by Gasteiger charge is 2.15. The average molecular weight is 284 g/mol. The van der Waals surface area contributed by atoms with Gasteiger partial charge < -0.3 is 10.4 Å². The van der Waals surface area contributed by atoms with Crippen LogP contribution in [0, 0.1) is 5.92 Å². The number of pyridine rings is 1. The SMILES string of the molecule is O=C(O)c1cc2ccccc2c(NCCC2CCCC2)n1. The van der Waals surface area contributed by atoms with Gasteiger partial charge in [0.25, 0.3) is 0 Å². The fraction of sp³-hybridized carbons (Fsp3) is 0.412. The first kappa shape index (κ1) is 13.9. The monoisotopic (exact) mass is 284 g/mol. The molecule has 0 unspecified atom stereocenters. The van der Waals surface area contributed by atoms with Crippen molar-refractivity contribution in [3.8, 4) is 0 Å². The third-order valence-electron chi connectivity index (χ3n) is 4.28. The van der Waals surface area contributed by atoms with Crippen LogP contribution in [-0.2, 0) is 0 Å². The lowest BCUT2D eigenvalue weighted by Gasteiger charge is -2.12. The second-order valence-corrected chi connectivity index (χ2v) is 5.75. The highest BCUT2D eigenvalue weighted by Crippen LogP contribution is 2.28. The van der Waals surface area contributed by atoms with Crippen LogP contribution in [-0.4, -0.2) is 22.6 Å². The van der Waals surface area contributed by atoms with E-state index >= 15 is 0 Å². The first-order valence-electron chi connectivity index (χ1n) is 7.61. The van der Waals surface area contributed by atoms with E-state index in [1.165, 1.54) is 25.7 Å². The summed E-state index contributed by atoms with van der Waals surface area (Å²) in [5, 5.41) is 14.4. The van der Waals surface area contributed by atoms with Crippen LogP contribution in [0.5, 0.6) is 0 Å². The van der Waals surface area contributed by atoms with Gasteiger partial charge in [0, 0.05) is 11.9 Å². The Morgan fingerprint density at radius 1 is 1.29 bits per heavy atom. The predicted octanol–water partition coefficient (Wildman–Crippen LogP) is 3.93. The fourth-order valence-corrected chi connectivity index (χ4v) is 3.14. The Morgan fingerprint density at radius 3 is 2.81 bits per heavy atom. The summed E-state index contributed by atoms with van der Waals surface area (Å²) in [4.78, 5) is 15.4. The molecule has 0 radical (unpaired) electrons. The van der Waals surface area contributed by atoms with E-state index in [0.29, 0.717) is 5.82 Å². The van der Waals surface area contributed by atoms with Gasteiger partial charge in [-0.05, 0) is 23.8 Å². The summed E-state index contributed by atoms with van der Waals surface area (Å²) in [7, 11) is 0. The molecule has 1 aliphatic rings. The number of hydrogen-bond donors (Lipinski definition) is 2. The second-order valence-electron chi connectivity index (χ2n) is 5.75. The number of nitrogens with one attached hydrogen (secondary N) is 1. The maximum atomic E-state index is 11.2. The molecular formula is C17H20N2O2. The summed E-state index contributed by atoms with van der Waals surface area (Å²) in [6.07, 6.45) is 6.48. The zero-order valence-electron chi connectivity index (χ0n) is 12.0. The van der Waals surface area contributed by atoms with Crippen LogP contribution in [0.25, 0.3) is 10.8 Å². The lowest BCUT2D eigenvalue weighted by atomic mass is 10.0. The van der Waals surface area contributed by atoms with E-state index in [0.717, 1.165) is 29.7 Å². The van der Waals surface area contributed by atoms with Crippen molar-refractivity contribution in [1.82, 2.24) is 4.98 Å². The normalized spacial score (nSPS) is 15.4. The molecule has 110 valence electrons. The van der Waals surface area contributed by atoms with Gasteiger partial charge in [0.15, 0.2) is 5.69 Å². The number of hydrogen-bond acceptors (Lipinski definition) is 3. The molecule has 0 atom stereocenters. The molecule has 0 aliphatic heterocycles. The quantitative estimate of drug-likeness (QED) is 0.873.